The van der Waals surface area contributed by atoms with Gasteiger partial charge in [0, 0.05) is 35.2 Å². The van der Waals surface area contributed by atoms with E-state index in [1.807, 2.05) is 67.6 Å². The molecule has 7 heteroatoms. The average Bonchev–Trinajstić information content (AvgIpc) is 2.86. The summed E-state index contributed by atoms with van der Waals surface area (Å²) >= 11 is 6.96. The molecule has 3 aromatic carbocycles. The molecule has 2 N–H and O–H groups in total. The van der Waals surface area contributed by atoms with Gasteiger partial charge >= 0.3 is 0 Å². The standard InChI is InChI=1S/C28H33Br2NO4/c1-2-34-15-16-35-26-11-9-21(10-12-26)13-14-31(19-27(32)22-5-3-7-24(29)17-22)20-28(33)23-6-4-8-25(30)18-23/h3-12,17-18,27-28,32-33H,2,13-16,19-20H2,1H3. The Morgan fingerprint density at radius 1 is 0.800 bits per heavy atom. The lowest BCUT2D eigenvalue weighted by Crippen LogP contribution is -2.34. The number of hydrogen-bond donors (Lipinski definition) is 2. The number of benzene rings is 3. The highest BCUT2D eigenvalue weighted by atomic mass is 79.9. The molecule has 0 amide bonds. The van der Waals surface area contributed by atoms with E-state index in [-0.39, 0.29) is 0 Å². The van der Waals surface area contributed by atoms with Gasteiger partial charge in [-0.25, -0.2) is 0 Å². The van der Waals surface area contributed by atoms with E-state index in [9.17, 15) is 10.2 Å². The van der Waals surface area contributed by atoms with E-state index in [4.69, 9.17) is 9.47 Å². The fraction of sp³-hybridized carbons (Fsp3) is 0.357. The Balaban J connectivity index is 1.64. The van der Waals surface area contributed by atoms with E-state index in [0.29, 0.717) is 39.5 Å². The molecule has 0 aromatic heterocycles. The molecule has 0 saturated carbocycles. The monoisotopic (exact) mass is 605 g/mol. The zero-order valence-electron chi connectivity index (χ0n) is 19.9. The van der Waals surface area contributed by atoms with Gasteiger partial charge in [0.1, 0.15) is 12.4 Å². The average molecular weight is 607 g/mol. The van der Waals surface area contributed by atoms with E-state index in [1.54, 1.807) is 0 Å². The molecule has 0 spiro atoms. The molecule has 5 nitrogen and oxygen atoms in total. The fourth-order valence-electron chi connectivity index (χ4n) is 3.79. The summed E-state index contributed by atoms with van der Waals surface area (Å²) < 4.78 is 12.9. The van der Waals surface area contributed by atoms with E-state index in [2.05, 4.69) is 48.9 Å². The molecule has 0 aliphatic heterocycles. The first-order valence-electron chi connectivity index (χ1n) is 11.8. The molecule has 0 aliphatic carbocycles. The van der Waals surface area contributed by atoms with E-state index >= 15 is 0 Å². The Hall–Kier alpha value is -1.74. The Labute approximate surface area is 225 Å². The first-order valence-corrected chi connectivity index (χ1v) is 13.4. The second kappa shape index (κ2) is 14.7. The molecule has 0 fully saturated rings. The maximum atomic E-state index is 10.9. The molecule has 0 aliphatic rings. The van der Waals surface area contributed by atoms with Crippen molar-refractivity contribution in [3.8, 4) is 5.75 Å². The smallest absolute Gasteiger partial charge is 0.119 e. The third-order valence-corrected chi connectivity index (χ3v) is 6.66. The van der Waals surface area contributed by atoms with Crippen molar-refractivity contribution in [2.45, 2.75) is 25.6 Å². The highest BCUT2D eigenvalue weighted by molar-refractivity contribution is 9.10. The predicted molar refractivity (Wildman–Crippen MR) is 147 cm³/mol. The van der Waals surface area contributed by atoms with Gasteiger partial charge in [0.25, 0.3) is 0 Å². The molecule has 3 rings (SSSR count). The van der Waals surface area contributed by atoms with Crippen molar-refractivity contribution in [1.82, 2.24) is 4.90 Å². The largest absolute Gasteiger partial charge is 0.491 e. The molecule has 0 heterocycles. The van der Waals surface area contributed by atoms with E-state index < -0.39 is 12.2 Å². The summed E-state index contributed by atoms with van der Waals surface area (Å²) in [6, 6.07) is 23.5. The van der Waals surface area contributed by atoms with Gasteiger partial charge in [-0.3, -0.25) is 4.90 Å². The van der Waals surface area contributed by atoms with Gasteiger partial charge in [-0.15, -0.1) is 0 Å². The highest BCUT2D eigenvalue weighted by Gasteiger charge is 2.18. The lowest BCUT2D eigenvalue weighted by Gasteiger charge is -2.28. The lowest BCUT2D eigenvalue weighted by molar-refractivity contribution is 0.0693. The number of hydrogen-bond acceptors (Lipinski definition) is 5. The lowest BCUT2D eigenvalue weighted by atomic mass is 10.1. The summed E-state index contributed by atoms with van der Waals surface area (Å²) in [6.45, 7) is 5.29. The van der Waals surface area contributed by atoms with Crippen molar-refractivity contribution >= 4 is 31.9 Å². The van der Waals surface area contributed by atoms with E-state index in [0.717, 1.165) is 32.2 Å². The Morgan fingerprint density at radius 3 is 1.89 bits per heavy atom. The van der Waals surface area contributed by atoms with Gasteiger partial charge in [-0.1, -0.05) is 68.3 Å². The Kier molecular flexibility index (Phi) is 11.7. The first kappa shape index (κ1) is 27.8. The summed E-state index contributed by atoms with van der Waals surface area (Å²) in [7, 11) is 0. The third-order valence-electron chi connectivity index (χ3n) is 5.67. The minimum Gasteiger partial charge on any atom is -0.491 e. The second-order valence-corrected chi connectivity index (χ2v) is 10.2. The number of nitrogens with zero attached hydrogens (tertiary/aromatic N) is 1. The minimum atomic E-state index is -0.664. The quantitative estimate of drug-likeness (QED) is 0.222. The maximum Gasteiger partial charge on any atom is 0.119 e. The number of halogens is 2. The van der Waals surface area contributed by atoms with Gasteiger partial charge in [-0.2, -0.15) is 0 Å². The zero-order valence-corrected chi connectivity index (χ0v) is 23.1. The van der Waals surface area contributed by atoms with Gasteiger partial charge in [0.05, 0.1) is 18.8 Å². The van der Waals surface area contributed by atoms with Crippen LogP contribution in [0.1, 0.15) is 35.8 Å². The topological polar surface area (TPSA) is 62.2 Å². The summed E-state index contributed by atoms with van der Waals surface area (Å²) in [5.74, 6) is 0.820. The molecule has 0 radical (unpaired) electrons. The van der Waals surface area contributed by atoms with Crippen LogP contribution in [0.2, 0.25) is 0 Å². The second-order valence-electron chi connectivity index (χ2n) is 8.34. The molecule has 2 atom stereocenters. The van der Waals surface area contributed by atoms with Gasteiger partial charge < -0.3 is 19.7 Å². The van der Waals surface area contributed by atoms with Gasteiger partial charge in [0.15, 0.2) is 0 Å². The molecule has 2 unspecified atom stereocenters. The highest BCUT2D eigenvalue weighted by Crippen LogP contribution is 2.23. The molecular formula is C28H33Br2NO4. The molecule has 188 valence electrons. The van der Waals surface area contributed by atoms with Crippen LogP contribution in [-0.2, 0) is 11.2 Å². The van der Waals surface area contributed by atoms with Crippen LogP contribution < -0.4 is 4.74 Å². The van der Waals surface area contributed by atoms with Crippen molar-refractivity contribution in [2.24, 2.45) is 0 Å². The van der Waals surface area contributed by atoms with Crippen LogP contribution in [0.5, 0.6) is 5.75 Å². The Bertz CT molecular complexity index is 978. The molecule has 3 aromatic rings. The van der Waals surface area contributed by atoms with Gasteiger partial charge in [0.2, 0.25) is 0 Å². The minimum absolute atomic E-state index is 0.417. The number of aliphatic hydroxyl groups excluding tert-OH is 2. The molecule has 0 saturated heterocycles. The normalized spacial score (nSPS) is 13.1. The molecule has 0 bridgehead atoms. The summed E-state index contributed by atoms with van der Waals surface area (Å²) in [4.78, 5) is 2.11. The molecular weight excluding hydrogens is 574 g/mol. The van der Waals surface area contributed by atoms with Crippen LogP contribution in [0.4, 0.5) is 0 Å². The van der Waals surface area contributed by atoms with Crippen LogP contribution >= 0.6 is 31.9 Å². The Morgan fingerprint density at radius 2 is 1.37 bits per heavy atom. The number of aliphatic hydroxyl groups is 2. The first-order chi connectivity index (χ1) is 16.9. The predicted octanol–water partition coefficient (Wildman–Crippen LogP) is 5.94. The molecule has 35 heavy (non-hydrogen) atoms. The van der Waals surface area contributed by atoms with E-state index in [1.165, 1.54) is 5.56 Å². The van der Waals surface area contributed by atoms with Crippen molar-refractivity contribution in [2.75, 3.05) is 39.5 Å². The summed E-state index contributed by atoms with van der Waals surface area (Å²) in [5.41, 5.74) is 2.85. The summed E-state index contributed by atoms with van der Waals surface area (Å²) in [6.07, 6.45) is -0.540. The fourth-order valence-corrected chi connectivity index (χ4v) is 4.62. The van der Waals surface area contributed by atoms with Crippen molar-refractivity contribution < 1.29 is 19.7 Å². The van der Waals surface area contributed by atoms with Crippen molar-refractivity contribution in [3.05, 3.63) is 98.4 Å². The number of ether oxygens (including phenoxy) is 2. The SMILES string of the molecule is CCOCCOc1ccc(CCN(CC(O)c2cccc(Br)c2)CC(O)c2cccc(Br)c2)cc1. The van der Waals surface area contributed by atoms with Crippen LogP contribution in [0.15, 0.2) is 81.7 Å². The van der Waals surface area contributed by atoms with Crippen molar-refractivity contribution in [3.63, 3.8) is 0 Å². The van der Waals surface area contributed by atoms with Crippen LogP contribution in [0.25, 0.3) is 0 Å². The number of rotatable bonds is 14. The van der Waals surface area contributed by atoms with Crippen LogP contribution in [-0.4, -0.2) is 54.6 Å². The van der Waals surface area contributed by atoms with Crippen molar-refractivity contribution in [1.29, 1.82) is 0 Å². The third kappa shape index (κ3) is 9.67. The zero-order chi connectivity index (χ0) is 25.0. The van der Waals surface area contributed by atoms with Crippen LogP contribution in [0, 0.1) is 0 Å². The maximum absolute atomic E-state index is 10.9. The summed E-state index contributed by atoms with van der Waals surface area (Å²) in [5, 5.41) is 21.8. The van der Waals surface area contributed by atoms with Crippen LogP contribution in [0.3, 0.4) is 0 Å². The van der Waals surface area contributed by atoms with Gasteiger partial charge in [-0.05, 0) is 66.4 Å².